The molecular formula is C24H22FN2O+. The molecule has 0 fully saturated rings. The van der Waals surface area contributed by atoms with Crippen molar-refractivity contribution in [1.82, 2.24) is 0 Å². The molecule has 0 bridgehead atoms. The van der Waals surface area contributed by atoms with E-state index in [0.29, 0.717) is 22.4 Å². The molecule has 0 saturated heterocycles. The van der Waals surface area contributed by atoms with E-state index in [1.54, 1.807) is 37.6 Å². The summed E-state index contributed by atoms with van der Waals surface area (Å²) in [6.07, 6.45) is -0.269. The molecule has 0 N–H and O–H groups in total. The molecule has 0 spiro atoms. The van der Waals surface area contributed by atoms with E-state index in [4.69, 9.17) is 7.16 Å². The first kappa shape index (κ1) is 15.8. The number of nitriles is 1. The molecule has 0 aliphatic heterocycles. The van der Waals surface area contributed by atoms with Gasteiger partial charge in [-0.1, -0.05) is 32.0 Å². The fourth-order valence-corrected chi connectivity index (χ4v) is 3.69. The van der Waals surface area contributed by atoms with Gasteiger partial charge in [0.2, 0.25) is 5.69 Å². The van der Waals surface area contributed by atoms with E-state index in [1.165, 1.54) is 12.3 Å². The van der Waals surface area contributed by atoms with E-state index in [2.05, 4.69) is 6.07 Å². The summed E-state index contributed by atoms with van der Waals surface area (Å²) < 4.78 is 39.5. The van der Waals surface area contributed by atoms with E-state index in [0.717, 1.165) is 21.9 Å². The van der Waals surface area contributed by atoms with Crippen LogP contribution in [-0.2, 0) is 13.4 Å². The predicted octanol–water partition coefficient (Wildman–Crippen LogP) is 5.60. The first-order valence-electron chi connectivity index (χ1n) is 10.2. The Balaban J connectivity index is 2.04. The van der Waals surface area contributed by atoms with Crippen LogP contribution in [0.25, 0.3) is 33.2 Å². The third kappa shape index (κ3) is 2.84. The summed E-state index contributed by atoms with van der Waals surface area (Å²) in [4.78, 5) is 0. The Morgan fingerprint density at radius 3 is 2.79 bits per heavy atom. The van der Waals surface area contributed by atoms with E-state index in [9.17, 15) is 5.26 Å². The Morgan fingerprint density at radius 2 is 2.07 bits per heavy atom. The number of rotatable bonds is 3. The maximum atomic E-state index is 15.1. The van der Waals surface area contributed by atoms with Crippen molar-refractivity contribution in [3.05, 3.63) is 65.1 Å². The van der Waals surface area contributed by atoms with Crippen molar-refractivity contribution in [2.45, 2.75) is 27.1 Å². The smallest absolute Gasteiger partial charge is 0.219 e. The molecule has 4 aromatic rings. The zero-order chi connectivity index (χ0) is 21.8. The molecule has 28 heavy (non-hydrogen) atoms. The monoisotopic (exact) mass is 375 g/mol. The fraction of sp³-hybridized carbons (Fsp3) is 0.250. The Morgan fingerprint density at radius 1 is 1.29 bits per heavy atom. The van der Waals surface area contributed by atoms with Crippen LogP contribution in [0.15, 0.2) is 47.0 Å². The summed E-state index contributed by atoms with van der Waals surface area (Å²) in [5.41, 5.74) is 3.95. The van der Waals surface area contributed by atoms with Crippen LogP contribution in [0.5, 0.6) is 0 Å². The van der Waals surface area contributed by atoms with Crippen LogP contribution < -0.4 is 4.57 Å². The van der Waals surface area contributed by atoms with Crippen LogP contribution >= 0.6 is 0 Å². The quantitative estimate of drug-likeness (QED) is 0.438. The standard InChI is InChI=1S/C24H22FN2O/c1-14(2)10-17-13-27(4)20(11-19(17)25)22-15(3)8-9-18-23-16(12-26)6-5-7-21(23)28-24(18)22/h5-9,11,13-14H,10H2,1-4H3/q+1/i10D2. The third-order valence-electron chi connectivity index (χ3n) is 4.92. The van der Waals surface area contributed by atoms with Crippen molar-refractivity contribution in [3.8, 4) is 17.3 Å². The number of benzene rings is 2. The van der Waals surface area contributed by atoms with Crippen molar-refractivity contribution < 1.29 is 16.1 Å². The van der Waals surface area contributed by atoms with E-state index < -0.39 is 12.2 Å². The summed E-state index contributed by atoms with van der Waals surface area (Å²) in [5, 5.41) is 11.0. The molecule has 2 heterocycles. The van der Waals surface area contributed by atoms with Gasteiger partial charge in [-0.3, -0.25) is 0 Å². The van der Waals surface area contributed by atoms with Crippen LogP contribution in [0, 0.1) is 30.0 Å². The van der Waals surface area contributed by atoms with Gasteiger partial charge in [-0.2, -0.15) is 5.26 Å². The Labute approximate surface area is 166 Å². The summed E-state index contributed by atoms with van der Waals surface area (Å²) >= 11 is 0. The molecule has 0 unspecified atom stereocenters. The average Bonchev–Trinajstić information content (AvgIpc) is 3.08. The first-order chi connectivity index (χ1) is 14.2. The molecule has 2 aromatic heterocycles. The Hall–Kier alpha value is -3.19. The largest absolute Gasteiger partial charge is 0.455 e. The van der Waals surface area contributed by atoms with Crippen LogP contribution in [0.3, 0.4) is 0 Å². The zero-order valence-electron chi connectivity index (χ0n) is 18.3. The van der Waals surface area contributed by atoms with Crippen molar-refractivity contribution in [1.29, 1.82) is 5.26 Å². The first-order valence-corrected chi connectivity index (χ1v) is 9.21. The Kier molecular flexibility index (Phi) is 3.82. The number of pyridine rings is 1. The minimum Gasteiger partial charge on any atom is -0.455 e. The highest BCUT2D eigenvalue weighted by Gasteiger charge is 2.24. The lowest BCUT2D eigenvalue weighted by atomic mass is 9.98. The maximum Gasteiger partial charge on any atom is 0.219 e. The lowest BCUT2D eigenvalue weighted by molar-refractivity contribution is -0.661. The van der Waals surface area contributed by atoms with Gasteiger partial charge in [0, 0.05) is 19.6 Å². The number of hydrogen-bond donors (Lipinski definition) is 0. The highest BCUT2D eigenvalue weighted by atomic mass is 19.1. The lowest BCUT2D eigenvalue weighted by Gasteiger charge is -2.09. The van der Waals surface area contributed by atoms with E-state index >= 15 is 4.39 Å². The Bertz CT molecular complexity index is 1350. The molecule has 0 aliphatic rings. The fourth-order valence-electron chi connectivity index (χ4n) is 3.69. The van der Waals surface area contributed by atoms with Gasteiger partial charge in [0.1, 0.15) is 24.0 Å². The summed E-state index contributed by atoms with van der Waals surface area (Å²) in [7, 11) is 1.77. The van der Waals surface area contributed by atoms with Crippen molar-refractivity contribution in [3.63, 3.8) is 0 Å². The molecule has 0 atom stereocenters. The molecule has 2 aromatic carbocycles. The summed E-state index contributed by atoms with van der Waals surface area (Å²) in [6, 6.07) is 12.8. The topological polar surface area (TPSA) is 40.8 Å². The van der Waals surface area contributed by atoms with Crippen LogP contribution in [0.2, 0.25) is 0 Å². The van der Waals surface area contributed by atoms with Gasteiger partial charge in [-0.15, -0.1) is 0 Å². The van der Waals surface area contributed by atoms with E-state index in [1.807, 2.05) is 25.1 Å². The van der Waals surface area contributed by atoms with Gasteiger partial charge >= 0.3 is 0 Å². The molecule has 0 radical (unpaired) electrons. The number of nitrogens with zero attached hydrogens (tertiary/aromatic N) is 2. The van der Waals surface area contributed by atoms with Gasteiger partial charge in [0.15, 0.2) is 6.20 Å². The number of fused-ring (bicyclic) bond motifs is 3. The molecule has 3 nitrogen and oxygen atoms in total. The van der Waals surface area contributed by atoms with Crippen LogP contribution in [0.4, 0.5) is 4.39 Å². The summed E-state index contributed by atoms with van der Waals surface area (Å²) in [5.74, 6) is -0.963. The highest BCUT2D eigenvalue weighted by Crippen LogP contribution is 2.38. The molecule has 4 rings (SSSR count). The van der Waals surface area contributed by atoms with Crippen molar-refractivity contribution in [2.24, 2.45) is 13.0 Å². The van der Waals surface area contributed by atoms with Crippen LogP contribution in [0.1, 0.15) is 33.3 Å². The minimum atomic E-state index is -1.79. The lowest BCUT2D eigenvalue weighted by Crippen LogP contribution is -2.32. The number of aromatic nitrogens is 1. The second-order valence-corrected chi connectivity index (χ2v) is 7.36. The zero-order valence-corrected chi connectivity index (χ0v) is 16.3. The minimum absolute atomic E-state index is 0.0324. The van der Waals surface area contributed by atoms with Gasteiger partial charge in [-0.25, -0.2) is 8.96 Å². The van der Waals surface area contributed by atoms with Crippen LogP contribution in [-0.4, -0.2) is 0 Å². The number of halogens is 1. The normalized spacial score (nSPS) is 13.0. The molecule has 140 valence electrons. The van der Waals surface area contributed by atoms with Gasteiger partial charge in [0.05, 0.1) is 22.8 Å². The molecule has 4 heteroatoms. The average molecular weight is 375 g/mol. The van der Waals surface area contributed by atoms with Gasteiger partial charge in [-0.05, 0) is 36.9 Å². The molecular weight excluding hydrogens is 351 g/mol. The van der Waals surface area contributed by atoms with E-state index in [-0.39, 0.29) is 11.5 Å². The second kappa shape index (κ2) is 6.76. The van der Waals surface area contributed by atoms with Gasteiger partial charge in [0.25, 0.3) is 0 Å². The van der Waals surface area contributed by atoms with Crippen molar-refractivity contribution in [2.75, 3.05) is 0 Å². The number of hydrogen-bond acceptors (Lipinski definition) is 2. The molecule has 0 amide bonds. The summed E-state index contributed by atoms with van der Waals surface area (Å²) in [6.45, 7) is 5.39. The third-order valence-corrected chi connectivity index (χ3v) is 4.92. The predicted molar refractivity (Wildman–Crippen MR) is 108 cm³/mol. The van der Waals surface area contributed by atoms with Gasteiger partial charge < -0.3 is 4.42 Å². The maximum absolute atomic E-state index is 15.1. The highest BCUT2D eigenvalue weighted by molar-refractivity contribution is 6.11. The number of aryl methyl sites for hydroxylation is 2. The molecule has 0 saturated carbocycles. The molecule has 0 aliphatic carbocycles. The SMILES string of the molecule is [2H]C([2H])(c1c[n+](C)c(-c2c(C)ccc3c2oc2cccc(C#N)c23)cc1F)C(C)C. The second-order valence-electron chi connectivity index (χ2n) is 7.36. The van der Waals surface area contributed by atoms with Crippen molar-refractivity contribution >= 4 is 21.9 Å². The number of furan rings is 1.